The zero-order valence-corrected chi connectivity index (χ0v) is 11.3. The van der Waals surface area contributed by atoms with Crippen LogP contribution >= 0.6 is 0 Å². The van der Waals surface area contributed by atoms with Crippen molar-refractivity contribution < 1.29 is 9.72 Å². The maximum absolute atomic E-state index is 12.1. The minimum Gasteiger partial charge on any atom is -0.319 e. The van der Waals surface area contributed by atoms with E-state index in [1.807, 2.05) is 0 Å². The van der Waals surface area contributed by atoms with E-state index in [1.165, 1.54) is 12.1 Å². The Balaban J connectivity index is 1.80. The average Bonchev–Trinajstić information content (AvgIpc) is 3.18. The number of anilines is 1. The number of H-pyrrole nitrogens is 1. The highest BCUT2D eigenvalue weighted by Crippen LogP contribution is 2.37. The van der Waals surface area contributed by atoms with Crippen LogP contribution in [0.4, 0.5) is 11.4 Å². The second-order valence-corrected chi connectivity index (χ2v) is 4.98. The third kappa shape index (κ3) is 2.60. The maximum Gasteiger partial charge on any atom is 0.295 e. The molecule has 0 aliphatic heterocycles. The number of benzene rings is 1. The molecule has 0 atom stereocenters. The van der Waals surface area contributed by atoms with Gasteiger partial charge in [-0.05, 0) is 25.8 Å². The van der Waals surface area contributed by atoms with E-state index in [0.717, 1.165) is 18.7 Å². The lowest BCUT2D eigenvalue weighted by molar-refractivity contribution is -0.385. The Labute approximate surface area is 119 Å². The van der Waals surface area contributed by atoms with Crippen LogP contribution < -0.4 is 5.32 Å². The number of carbonyl (C=O) groups excluding carboxylic acids is 1. The fourth-order valence-electron chi connectivity index (χ4n) is 2.05. The second-order valence-electron chi connectivity index (χ2n) is 4.98. The Morgan fingerprint density at radius 1 is 1.48 bits per heavy atom. The Hall–Kier alpha value is -2.77. The van der Waals surface area contributed by atoms with Gasteiger partial charge in [-0.3, -0.25) is 20.0 Å². The van der Waals surface area contributed by atoms with Gasteiger partial charge in [-0.2, -0.15) is 0 Å². The monoisotopic (exact) mass is 287 g/mol. The summed E-state index contributed by atoms with van der Waals surface area (Å²) < 4.78 is 0. The number of carbonyl (C=O) groups is 1. The van der Waals surface area contributed by atoms with Gasteiger partial charge >= 0.3 is 0 Å². The second kappa shape index (κ2) is 4.97. The van der Waals surface area contributed by atoms with Crippen molar-refractivity contribution >= 4 is 17.3 Å². The predicted molar refractivity (Wildman–Crippen MR) is 74.1 cm³/mol. The largest absolute Gasteiger partial charge is 0.319 e. The average molecular weight is 287 g/mol. The Kier molecular flexibility index (Phi) is 3.13. The highest BCUT2D eigenvalue weighted by Gasteiger charge is 2.28. The fourth-order valence-corrected chi connectivity index (χ4v) is 2.05. The molecule has 1 saturated carbocycles. The third-order valence-corrected chi connectivity index (χ3v) is 3.42. The number of rotatable bonds is 4. The number of nitro groups is 1. The minimum absolute atomic E-state index is 0.0403. The molecule has 1 aromatic carbocycles. The third-order valence-electron chi connectivity index (χ3n) is 3.42. The Bertz CT molecular complexity index is 720. The van der Waals surface area contributed by atoms with Crippen molar-refractivity contribution in [3.8, 4) is 0 Å². The van der Waals surface area contributed by atoms with Crippen LogP contribution in [-0.2, 0) is 0 Å². The summed E-state index contributed by atoms with van der Waals surface area (Å²) in [5.74, 6) is 0.652. The molecule has 1 aliphatic rings. The highest BCUT2D eigenvalue weighted by atomic mass is 16.6. The molecule has 1 amide bonds. The molecule has 1 fully saturated rings. The van der Waals surface area contributed by atoms with Gasteiger partial charge in [0, 0.05) is 12.0 Å². The van der Waals surface area contributed by atoms with Gasteiger partial charge < -0.3 is 5.32 Å². The van der Waals surface area contributed by atoms with E-state index < -0.39 is 10.8 Å². The number of aromatic nitrogens is 3. The summed E-state index contributed by atoms with van der Waals surface area (Å²) in [6, 6.07) is 4.52. The highest BCUT2D eigenvalue weighted by molar-refractivity contribution is 6.02. The molecule has 8 heteroatoms. The quantitative estimate of drug-likeness (QED) is 0.660. The number of nitrogens with zero attached hydrogens (tertiary/aromatic N) is 3. The fraction of sp³-hybridized carbons (Fsp3) is 0.308. The smallest absolute Gasteiger partial charge is 0.295 e. The van der Waals surface area contributed by atoms with Crippen LogP contribution in [0, 0.1) is 17.0 Å². The summed E-state index contributed by atoms with van der Waals surface area (Å²) >= 11 is 0. The van der Waals surface area contributed by atoms with Gasteiger partial charge in [-0.1, -0.05) is 6.07 Å². The van der Waals surface area contributed by atoms with Crippen LogP contribution in [0.25, 0.3) is 0 Å². The molecule has 3 rings (SSSR count). The molecule has 1 aromatic heterocycles. The molecular formula is C13H13N5O3. The summed E-state index contributed by atoms with van der Waals surface area (Å²) in [6.07, 6.45) is 2.11. The van der Waals surface area contributed by atoms with Crippen molar-refractivity contribution in [3.05, 3.63) is 45.5 Å². The van der Waals surface area contributed by atoms with Crippen LogP contribution in [0.5, 0.6) is 0 Å². The lowest BCUT2D eigenvalue weighted by Gasteiger charge is -2.06. The maximum atomic E-state index is 12.1. The molecule has 0 unspecified atom stereocenters. The molecule has 0 saturated heterocycles. The molecule has 108 valence electrons. The van der Waals surface area contributed by atoms with E-state index in [4.69, 9.17) is 0 Å². The normalized spacial score (nSPS) is 14.0. The van der Waals surface area contributed by atoms with Gasteiger partial charge in [-0.15, -0.1) is 5.10 Å². The van der Waals surface area contributed by atoms with Gasteiger partial charge in [0.15, 0.2) is 0 Å². The van der Waals surface area contributed by atoms with Crippen molar-refractivity contribution in [3.63, 3.8) is 0 Å². The molecule has 8 nitrogen and oxygen atoms in total. The van der Waals surface area contributed by atoms with Crippen molar-refractivity contribution in [2.45, 2.75) is 25.7 Å². The number of aromatic amines is 1. The van der Waals surface area contributed by atoms with Crippen molar-refractivity contribution in [1.82, 2.24) is 15.2 Å². The van der Waals surface area contributed by atoms with Gasteiger partial charge in [0.05, 0.1) is 16.2 Å². The first-order valence-electron chi connectivity index (χ1n) is 6.54. The van der Waals surface area contributed by atoms with Crippen LogP contribution in [0.1, 0.15) is 40.8 Å². The number of nitro benzene ring substituents is 1. The number of nitrogens with one attached hydrogen (secondary N) is 2. The molecule has 2 N–H and O–H groups in total. The molecule has 1 heterocycles. The Morgan fingerprint density at radius 2 is 2.24 bits per heavy atom. The lowest BCUT2D eigenvalue weighted by Crippen LogP contribution is -2.15. The lowest BCUT2D eigenvalue weighted by atomic mass is 10.1. The minimum atomic E-state index is -0.484. The molecule has 0 bridgehead atoms. The number of hydrogen-bond donors (Lipinski definition) is 2. The summed E-state index contributed by atoms with van der Waals surface area (Å²) in [4.78, 5) is 26.6. The predicted octanol–water partition coefficient (Wildman–Crippen LogP) is 2.15. The number of amides is 1. The number of hydrogen-bond acceptors (Lipinski definition) is 5. The molecule has 2 aromatic rings. The summed E-state index contributed by atoms with van der Waals surface area (Å²) in [7, 11) is 0. The Morgan fingerprint density at radius 3 is 2.90 bits per heavy atom. The van der Waals surface area contributed by atoms with Crippen LogP contribution in [0.2, 0.25) is 0 Å². The van der Waals surface area contributed by atoms with E-state index in [1.54, 1.807) is 13.0 Å². The standard InChI is InChI=1S/C13H13N5O3/c1-7-9(3-2-4-10(7)18(20)21)14-13(19)12-15-11(16-17-12)8-5-6-8/h2-4,8H,5-6H2,1H3,(H,14,19)(H,15,16,17). The first-order chi connectivity index (χ1) is 10.1. The van der Waals surface area contributed by atoms with Crippen LogP contribution in [0.15, 0.2) is 18.2 Å². The van der Waals surface area contributed by atoms with E-state index >= 15 is 0 Å². The van der Waals surface area contributed by atoms with Crippen LogP contribution in [0.3, 0.4) is 0 Å². The van der Waals surface area contributed by atoms with Gasteiger partial charge in [-0.25, -0.2) is 4.98 Å². The van der Waals surface area contributed by atoms with E-state index in [9.17, 15) is 14.9 Å². The molecular weight excluding hydrogens is 274 g/mol. The summed E-state index contributed by atoms with van der Waals surface area (Å²) in [6.45, 7) is 1.58. The molecule has 21 heavy (non-hydrogen) atoms. The van der Waals surface area contributed by atoms with Crippen molar-refractivity contribution in [2.24, 2.45) is 0 Å². The van der Waals surface area contributed by atoms with Crippen molar-refractivity contribution in [2.75, 3.05) is 5.32 Å². The summed E-state index contributed by atoms with van der Waals surface area (Å²) in [5, 5.41) is 20.1. The first kappa shape index (κ1) is 13.2. The van der Waals surface area contributed by atoms with Crippen LogP contribution in [-0.4, -0.2) is 26.0 Å². The van der Waals surface area contributed by atoms with E-state index in [2.05, 4.69) is 20.5 Å². The zero-order valence-electron chi connectivity index (χ0n) is 11.3. The van der Waals surface area contributed by atoms with Crippen molar-refractivity contribution in [1.29, 1.82) is 0 Å². The SMILES string of the molecule is Cc1c(NC(=O)c2n[nH]c(C3CC3)n2)cccc1[N+](=O)[O-]. The topological polar surface area (TPSA) is 114 Å². The van der Waals surface area contributed by atoms with Gasteiger partial charge in [0.1, 0.15) is 5.82 Å². The van der Waals surface area contributed by atoms with E-state index in [0.29, 0.717) is 17.2 Å². The van der Waals surface area contributed by atoms with E-state index in [-0.39, 0.29) is 11.5 Å². The van der Waals surface area contributed by atoms with Gasteiger partial charge in [0.2, 0.25) is 5.82 Å². The first-order valence-corrected chi connectivity index (χ1v) is 6.54. The molecule has 0 spiro atoms. The zero-order chi connectivity index (χ0) is 15.0. The van der Waals surface area contributed by atoms with Gasteiger partial charge in [0.25, 0.3) is 11.6 Å². The molecule has 0 radical (unpaired) electrons. The molecule has 1 aliphatic carbocycles. The summed E-state index contributed by atoms with van der Waals surface area (Å²) in [5.41, 5.74) is 0.738.